The van der Waals surface area contributed by atoms with Crippen molar-refractivity contribution in [1.82, 2.24) is 19.9 Å². The first-order valence-corrected chi connectivity index (χ1v) is 15.2. The van der Waals surface area contributed by atoms with Crippen LogP contribution in [0.3, 0.4) is 0 Å². The molecular weight excluding hydrogens is 580 g/mol. The van der Waals surface area contributed by atoms with E-state index in [2.05, 4.69) is 27.2 Å². The van der Waals surface area contributed by atoms with Crippen LogP contribution < -0.4 is 11.1 Å². The third kappa shape index (κ3) is 6.62. The summed E-state index contributed by atoms with van der Waals surface area (Å²) in [5.74, 6) is -0.886. The van der Waals surface area contributed by atoms with Crippen LogP contribution in [0, 0.1) is 23.0 Å². The summed E-state index contributed by atoms with van der Waals surface area (Å²) in [6.07, 6.45) is 12.3. The first kappa shape index (κ1) is 32.2. The molecule has 2 heterocycles. The van der Waals surface area contributed by atoms with Gasteiger partial charge >= 0.3 is 6.09 Å². The monoisotopic (exact) mass is 621 g/mol. The van der Waals surface area contributed by atoms with E-state index < -0.39 is 28.9 Å². The van der Waals surface area contributed by atoms with Gasteiger partial charge in [-0.3, -0.25) is 4.98 Å². The molecule has 2 aliphatic carbocycles. The molecule has 0 saturated heterocycles. The molecule has 0 bridgehead atoms. The number of carbonyl (C=O) groups excluding carboxylic acids is 1. The van der Waals surface area contributed by atoms with Crippen molar-refractivity contribution in [3.8, 4) is 0 Å². The van der Waals surface area contributed by atoms with Crippen molar-refractivity contribution in [3.05, 3.63) is 76.9 Å². The van der Waals surface area contributed by atoms with Gasteiger partial charge in [0.1, 0.15) is 11.6 Å². The smallest absolute Gasteiger partial charge is 0.409 e. The third-order valence-electron chi connectivity index (χ3n) is 9.36. The van der Waals surface area contributed by atoms with Crippen LogP contribution in [-0.2, 0) is 15.1 Å². The van der Waals surface area contributed by atoms with Gasteiger partial charge in [-0.15, -0.1) is 0 Å². The average Bonchev–Trinajstić information content (AvgIpc) is 3.69. The molecule has 4 unspecified atom stereocenters. The minimum Gasteiger partial charge on any atom is -0.453 e. The van der Waals surface area contributed by atoms with E-state index in [0.29, 0.717) is 36.5 Å². The number of carbonyl (C=O) groups is 1. The minimum absolute atomic E-state index is 0.126. The van der Waals surface area contributed by atoms with E-state index >= 15 is 8.78 Å². The average molecular weight is 622 g/mol. The maximum atomic E-state index is 15.1. The van der Waals surface area contributed by atoms with Crippen LogP contribution in [-0.4, -0.2) is 65.0 Å². The van der Waals surface area contributed by atoms with Gasteiger partial charge in [0, 0.05) is 26.4 Å². The molecular formula is C33H41F2N7O3. The Bertz CT molecular complexity index is 1530. The van der Waals surface area contributed by atoms with Crippen molar-refractivity contribution in [2.45, 2.75) is 69.1 Å². The Hall–Kier alpha value is -4.16. The van der Waals surface area contributed by atoms with Gasteiger partial charge in [0.15, 0.2) is 0 Å². The molecule has 3 aromatic rings. The number of nitrogens with two attached hydrogens (primary N) is 1. The van der Waals surface area contributed by atoms with Gasteiger partial charge < -0.3 is 35.8 Å². The number of halogens is 2. The number of aromatic amines is 1. The number of aromatic nitrogens is 3. The second-order valence-corrected chi connectivity index (χ2v) is 12.1. The number of amides is 1. The fraction of sp³-hybridized carbons (Fsp3) is 0.455. The maximum Gasteiger partial charge on any atom is 0.409 e. The Morgan fingerprint density at radius 2 is 1.91 bits per heavy atom. The standard InChI is InChI=1S/C33H41F2N7O3/c1-19-13-20(14-27(37)30(19)42(2)32(43)44-3)23-9-12-38-18-28(23)41-31-39-17-22(40-31)7-8-26(36)29-24(34)15-21(16-25(29)35)33(45-4)10-5-6-11-33/h7-9,12,15-20,27,30,36H,5-6,10-11,13-14,37H2,1-4H3,(H2,39,40,41)/b8-7-,36-26?. The van der Waals surface area contributed by atoms with Gasteiger partial charge in [0.05, 0.1) is 53.8 Å². The molecule has 10 nitrogen and oxygen atoms in total. The SMILES string of the molecule is COC(=O)N(C)C1C(C)CC(c2ccncc2Nc2ncc(/C=C\C(=N)c3c(F)cc(C4(OC)CCCC4)cc3F)[nH]2)CC1N. The summed E-state index contributed by atoms with van der Waals surface area (Å²) >= 11 is 0. The van der Waals surface area contributed by atoms with Gasteiger partial charge in [0.2, 0.25) is 5.95 Å². The van der Waals surface area contributed by atoms with Crippen LogP contribution in [0.25, 0.3) is 6.08 Å². The number of hydrogen-bond acceptors (Lipinski definition) is 8. The molecule has 1 amide bonds. The zero-order valence-electron chi connectivity index (χ0n) is 26.1. The molecule has 2 aromatic heterocycles. The first-order valence-electron chi connectivity index (χ1n) is 15.2. The van der Waals surface area contributed by atoms with Gasteiger partial charge in [-0.25, -0.2) is 18.6 Å². The van der Waals surface area contributed by atoms with Crippen molar-refractivity contribution in [2.24, 2.45) is 11.7 Å². The molecule has 12 heteroatoms. The minimum atomic E-state index is -0.793. The number of allylic oxidation sites excluding steroid dienone is 1. The lowest BCUT2D eigenvalue weighted by atomic mass is 9.73. The highest BCUT2D eigenvalue weighted by atomic mass is 19.1. The fourth-order valence-electron chi connectivity index (χ4n) is 7.15. The molecule has 240 valence electrons. The maximum absolute atomic E-state index is 15.1. The van der Waals surface area contributed by atoms with Crippen LogP contribution in [0.4, 0.5) is 25.2 Å². The quantitative estimate of drug-likeness (QED) is 0.208. The summed E-state index contributed by atoms with van der Waals surface area (Å²) in [4.78, 5) is 25.5. The zero-order valence-corrected chi connectivity index (χ0v) is 26.1. The van der Waals surface area contributed by atoms with E-state index in [1.807, 2.05) is 6.07 Å². The number of pyridine rings is 1. The summed E-state index contributed by atoms with van der Waals surface area (Å²) in [6, 6.07) is 4.15. The Morgan fingerprint density at radius 1 is 1.20 bits per heavy atom. The van der Waals surface area contributed by atoms with E-state index in [0.717, 1.165) is 30.5 Å². The van der Waals surface area contributed by atoms with Crippen LogP contribution in [0.2, 0.25) is 0 Å². The number of nitrogens with zero attached hydrogens (tertiary/aromatic N) is 3. The van der Waals surface area contributed by atoms with Crippen molar-refractivity contribution >= 4 is 29.5 Å². The Labute approximate surface area is 261 Å². The first-order chi connectivity index (χ1) is 21.6. The third-order valence-corrected chi connectivity index (χ3v) is 9.36. The van der Waals surface area contributed by atoms with Gasteiger partial charge in [0.25, 0.3) is 0 Å². The van der Waals surface area contributed by atoms with Gasteiger partial charge in [-0.1, -0.05) is 19.8 Å². The Balaban J connectivity index is 1.27. The second-order valence-electron chi connectivity index (χ2n) is 12.1. The molecule has 1 aromatic carbocycles. The van der Waals surface area contributed by atoms with Crippen molar-refractivity contribution in [1.29, 1.82) is 5.41 Å². The van der Waals surface area contributed by atoms with E-state index in [4.69, 9.17) is 20.6 Å². The normalized spacial score (nSPS) is 22.8. The highest BCUT2D eigenvalue weighted by molar-refractivity contribution is 6.09. The predicted molar refractivity (Wildman–Crippen MR) is 169 cm³/mol. The summed E-state index contributed by atoms with van der Waals surface area (Å²) in [5.41, 5.74) is 8.01. The summed E-state index contributed by atoms with van der Waals surface area (Å²) in [7, 11) is 4.65. The molecule has 4 atom stereocenters. The van der Waals surface area contributed by atoms with Crippen molar-refractivity contribution in [3.63, 3.8) is 0 Å². The second kappa shape index (κ2) is 13.5. The zero-order chi connectivity index (χ0) is 32.3. The van der Waals surface area contributed by atoms with Gasteiger partial charge in [-0.2, -0.15) is 0 Å². The highest BCUT2D eigenvalue weighted by Gasteiger charge is 2.39. The molecule has 0 radical (unpaired) electrons. The lowest BCUT2D eigenvalue weighted by Gasteiger charge is -2.43. The number of ether oxygens (including phenoxy) is 2. The largest absolute Gasteiger partial charge is 0.453 e. The molecule has 0 aliphatic heterocycles. The molecule has 0 spiro atoms. The molecule has 2 saturated carbocycles. The summed E-state index contributed by atoms with van der Waals surface area (Å²) < 4.78 is 40.8. The number of benzene rings is 1. The van der Waals surface area contributed by atoms with E-state index in [9.17, 15) is 4.79 Å². The molecule has 2 aliphatic rings. The van der Waals surface area contributed by atoms with Gasteiger partial charge in [-0.05, 0) is 79.0 Å². The van der Waals surface area contributed by atoms with Crippen molar-refractivity contribution in [2.75, 3.05) is 26.6 Å². The lowest BCUT2D eigenvalue weighted by Crippen LogP contribution is -2.55. The van der Waals surface area contributed by atoms with Crippen molar-refractivity contribution < 1.29 is 23.0 Å². The highest BCUT2D eigenvalue weighted by Crippen LogP contribution is 2.43. The predicted octanol–water partition coefficient (Wildman–Crippen LogP) is 6.23. The summed E-state index contributed by atoms with van der Waals surface area (Å²) in [5, 5.41) is 11.7. The van der Waals surface area contributed by atoms with Crippen LogP contribution in [0.1, 0.15) is 73.8 Å². The number of nitrogens with one attached hydrogen (secondary N) is 3. The number of imidazole rings is 1. The van der Waals surface area contributed by atoms with Crippen LogP contribution in [0.5, 0.6) is 0 Å². The Morgan fingerprint density at radius 3 is 2.56 bits per heavy atom. The van der Waals surface area contributed by atoms with Crippen LogP contribution >= 0.6 is 0 Å². The topological polar surface area (TPSA) is 142 Å². The Kier molecular flexibility index (Phi) is 9.64. The fourth-order valence-corrected chi connectivity index (χ4v) is 7.15. The van der Waals surface area contributed by atoms with E-state index in [1.165, 1.54) is 25.3 Å². The number of anilines is 2. The number of hydrogen-bond donors (Lipinski definition) is 4. The molecule has 5 rings (SSSR count). The van der Waals surface area contributed by atoms with E-state index in [-0.39, 0.29) is 29.6 Å². The number of H-pyrrole nitrogens is 1. The van der Waals surface area contributed by atoms with E-state index in [1.54, 1.807) is 43.7 Å². The molecule has 45 heavy (non-hydrogen) atoms. The lowest BCUT2D eigenvalue weighted by molar-refractivity contribution is -0.00917. The number of rotatable bonds is 9. The number of methoxy groups -OCH3 is 2. The summed E-state index contributed by atoms with van der Waals surface area (Å²) in [6.45, 7) is 2.09. The molecule has 2 fully saturated rings. The number of likely N-dealkylation sites (N-methyl/N-ethyl adjacent to an activating group) is 1. The van der Waals surface area contributed by atoms with Crippen LogP contribution in [0.15, 0.2) is 42.9 Å². The molecule has 5 N–H and O–H groups in total.